The Kier molecular flexibility index (Phi) is 6.15. The number of nitrogens with zero attached hydrogens (tertiary/aromatic N) is 1. The fourth-order valence-electron chi connectivity index (χ4n) is 3.29. The van der Waals surface area contributed by atoms with Crippen LogP contribution in [0.3, 0.4) is 0 Å². The molecule has 0 saturated carbocycles. The molecule has 1 aromatic carbocycles. The molecule has 0 radical (unpaired) electrons. The highest BCUT2D eigenvalue weighted by molar-refractivity contribution is 6.03. The summed E-state index contributed by atoms with van der Waals surface area (Å²) in [6.07, 6.45) is 4.37. The van der Waals surface area contributed by atoms with Crippen molar-refractivity contribution in [3.63, 3.8) is 0 Å². The van der Waals surface area contributed by atoms with Crippen LogP contribution in [0.4, 0.5) is 11.4 Å². The lowest BCUT2D eigenvalue weighted by Crippen LogP contribution is -2.23. The summed E-state index contributed by atoms with van der Waals surface area (Å²) in [4.78, 5) is 4.59. The zero-order chi connectivity index (χ0) is 18.6. The number of hydrogen-bond donors (Lipinski definition) is 3. The third-order valence-corrected chi connectivity index (χ3v) is 4.63. The van der Waals surface area contributed by atoms with Crippen LogP contribution in [-0.4, -0.2) is 25.3 Å². The smallest absolute Gasteiger partial charge is 0.131 e. The number of benzene rings is 1. The molecule has 1 unspecified atom stereocenters. The van der Waals surface area contributed by atoms with E-state index in [1.165, 1.54) is 17.4 Å². The highest BCUT2D eigenvalue weighted by Crippen LogP contribution is 2.33. The standard InChI is InChI=1S/C20H28N4O/c1-12(2)19(17-7-6-16(25-4)9-13(17)3)20(23)24-15-5-8-18(22)14(10-15)11-21/h5,8,10-11,16,21H,6-7,9,22H2,1-4H3,(H2,23,24). The average Bonchev–Trinajstić information content (AvgIpc) is 2.57. The minimum absolute atomic E-state index is 0.285. The van der Waals surface area contributed by atoms with Crippen molar-refractivity contribution in [2.75, 3.05) is 12.8 Å². The van der Waals surface area contributed by atoms with Gasteiger partial charge in [-0.15, -0.1) is 0 Å². The predicted octanol–water partition coefficient (Wildman–Crippen LogP) is 4.11. The molecule has 5 N–H and O–H groups in total. The number of allylic oxidation sites excluding steroid dienone is 1. The molecule has 0 saturated heterocycles. The highest BCUT2D eigenvalue weighted by Gasteiger charge is 2.22. The third kappa shape index (κ3) is 4.37. The van der Waals surface area contributed by atoms with Crippen molar-refractivity contribution in [1.29, 1.82) is 5.41 Å². The van der Waals surface area contributed by atoms with Crippen LogP contribution in [0.15, 0.2) is 45.5 Å². The van der Waals surface area contributed by atoms with E-state index in [1.807, 2.05) is 6.07 Å². The Morgan fingerprint density at radius 3 is 2.64 bits per heavy atom. The molecule has 0 bridgehead atoms. The molecule has 1 aliphatic rings. The van der Waals surface area contributed by atoms with Gasteiger partial charge >= 0.3 is 0 Å². The number of ether oxygens (including phenoxy) is 1. The van der Waals surface area contributed by atoms with Gasteiger partial charge in [-0.3, -0.25) is 0 Å². The van der Waals surface area contributed by atoms with Crippen molar-refractivity contribution in [3.8, 4) is 0 Å². The highest BCUT2D eigenvalue weighted by atomic mass is 16.5. The van der Waals surface area contributed by atoms with E-state index in [4.69, 9.17) is 21.6 Å². The molecule has 1 atom stereocenters. The number of aliphatic imine (C=N–C) groups is 1. The first-order valence-corrected chi connectivity index (χ1v) is 8.51. The Bertz CT molecular complexity index is 755. The van der Waals surface area contributed by atoms with Gasteiger partial charge < -0.3 is 21.6 Å². The molecule has 0 aromatic heterocycles. The molecular weight excluding hydrogens is 312 g/mol. The molecule has 0 fully saturated rings. The van der Waals surface area contributed by atoms with Crippen molar-refractivity contribution >= 4 is 23.4 Å². The Morgan fingerprint density at radius 2 is 2.08 bits per heavy atom. The van der Waals surface area contributed by atoms with Crippen LogP contribution in [0, 0.1) is 5.41 Å². The number of rotatable bonds is 5. The van der Waals surface area contributed by atoms with E-state index in [2.05, 4.69) is 25.8 Å². The van der Waals surface area contributed by atoms with Gasteiger partial charge in [0.25, 0.3) is 0 Å². The second-order valence-corrected chi connectivity index (χ2v) is 6.69. The van der Waals surface area contributed by atoms with Crippen LogP contribution in [0.2, 0.25) is 0 Å². The average molecular weight is 340 g/mol. The van der Waals surface area contributed by atoms with E-state index in [9.17, 15) is 0 Å². The van der Waals surface area contributed by atoms with Gasteiger partial charge in [-0.25, -0.2) is 4.99 Å². The zero-order valence-corrected chi connectivity index (χ0v) is 15.5. The van der Waals surface area contributed by atoms with Crippen molar-refractivity contribution in [1.82, 2.24) is 0 Å². The summed E-state index contributed by atoms with van der Waals surface area (Å²) in [5, 5.41) is 7.43. The fourth-order valence-corrected chi connectivity index (χ4v) is 3.29. The summed E-state index contributed by atoms with van der Waals surface area (Å²) in [5.74, 6) is 0.505. The quantitative estimate of drug-likeness (QED) is 0.427. The minimum atomic E-state index is 0.285. The Labute approximate surface area is 150 Å². The number of anilines is 1. The minimum Gasteiger partial charge on any atom is -0.398 e. The number of nitrogens with two attached hydrogens (primary N) is 2. The Balaban J connectivity index is 2.42. The maximum Gasteiger partial charge on any atom is 0.131 e. The number of methoxy groups -OCH3 is 1. The van der Waals surface area contributed by atoms with E-state index < -0.39 is 0 Å². The molecule has 1 aliphatic carbocycles. The third-order valence-electron chi connectivity index (χ3n) is 4.63. The summed E-state index contributed by atoms with van der Waals surface area (Å²) in [6, 6.07) is 5.35. The lowest BCUT2D eigenvalue weighted by molar-refractivity contribution is 0.0915. The van der Waals surface area contributed by atoms with Gasteiger partial charge in [0.2, 0.25) is 0 Å². The van der Waals surface area contributed by atoms with E-state index >= 15 is 0 Å². The first-order valence-electron chi connectivity index (χ1n) is 8.51. The zero-order valence-electron chi connectivity index (χ0n) is 15.5. The molecule has 0 amide bonds. The second-order valence-electron chi connectivity index (χ2n) is 6.69. The monoisotopic (exact) mass is 340 g/mol. The summed E-state index contributed by atoms with van der Waals surface area (Å²) in [5.41, 5.74) is 18.9. The lowest BCUT2D eigenvalue weighted by Gasteiger charge is -2.27. The number of nitrogen functional groups attached to an aromatic ring is 1. The number of amidine groups is 1. The topological polar surface area (TPSA) is 97.5 Å². The molecule has 25 heavy (non-hydrogen) atoms. The van der Waals surface area contributed by atoms with Crippen LogP contribution in [0.25, 0.3) is 0 Å². The van der Waals surface area contributed by atoms with E-state index in [1.54, 1.807) is 19.2 Å². The van der Waals surface area contributed by atoms with Gasteiger partial charge in [0.15, 0.2) is 0 Å². The summed E-state index contributed by atoms with van der Waals surface area (Å²) < 4.78 is 5.50. The van der Waals surface area contributed by atoms with E-state index in [0.29, 0.717) is 22.8 Å². The van der Waals surface area contributed by atoms with Gasteiger partial charge in [0, 0.05) is 30.1 Å². The van der Waals surface area contributed by atoms with Crippen LogP contribution in [0.5, 0.6) is 0 Å². The number of nitrogens with one attached hydrogen (secondary N) is 1. The van der Waals surface area contributed by atoms with Crippen molar-refractivity contribution < 1.29 is 4.74 Å². The molecule has 1 aromatic rings. The normalized spacial score (nSPS) is 18.2. The Hall–Kier alpha value is -2.40. The summed E-state index contributed by atoms with van der Waals surface area (Å²) in [6.45, 7) is 6.27. The maximum atomic E-state index is 7.43. The molecule has 0 spiro atoms. The molecule has 2 rings (SSSR count). The molecule has 134 valence electrons. The van der Waals surface area contributed by atoms with Crippen molar-refractivity contribution in [2.45, 2.75) is 46.1 Å². The largest absolute Gasteiger partial charge is 0.398 e. The van der Waals surface area contributed by atoms with Crippen LogP contribution < -0.4 is 11.5 Å². The van der Waals surface area contributed by atoms with Gasteiger partial charge in [-0.1, -0.05) is 11.1 Å². The molecule has 0 aliphatic heterocycles. The summed E-state index contributed by atoms with van der Waals surface area (Å²) >= 11 is 0. The van der Waals surface area contributed by atoms with Gasteiger partial charge in [-0.2, -0.15) is 0 Å². The van der Waals surface area contributed by atoms with Crippen molar-refractivity contribution in [3.05, 3.63) is 46.1 Å². The molecule has 5 nitrogen and oxygen atoms in total. The molecular formula is C20H28N4O. The number of hydrogen-bond acceptors (Lipinski definition) is 4. The van der Waals surface area contributed by atoms with E-state index in [-0.39, 0.29) is 6.10 Å². The Morgan fingerprint density at radius 1 is 1.36 bits per heavy atom. The first kappa shape index (κ1) is 18.9. The first-order chi connectivity index (χ1) is 11.9. The molecule has 5 heteroatoms. The van der Waals surface area contributed by atoms with Crippen LogP contribution in [-0.2, 0) is 4.74 Å². The SMILES string of the molecule is COC1CCC(C(C(N)=Nc2ccc(N)c(C=N)c2)=C(C)C)=C(C)C1. The maximum absolute atomic E-state index is 7.43. The fraction of sp³-hybridized carbons (Fsp3) is 0.400. The predicted molar refractivity (Wildman–Crippen MR) is 106 cm³/mol. The van der Waals surface area contributed by atoms with E-state index in [0.717, 1.165) is 30.4 Å². The van der Waals surface area contributed by atoms with Crippen molar-refractivity contribution in [2.24, 2.45) is 10.7 Å². The van der Waals surface area contributed by atoms with Gasteiger partial charge in [-0.05, 0) is 63.8 Å². The van der Waals surface area contributed by atoms with Crippen LogP contribution in [0.1, 0.15) is 45.6 Å². The second kappa shape index (κ2) is 8.12. The van der Waals surface area contributed by atoms with Gasteiger partial charge in [0.05, 0.1) is 11.8 Å². The van der Waals surface area contributed by atoms with Gasteiger partial charge in [0.1, 0.15) is 5.84 Å². The summed E-state index contributed by atoms with van der Waals surface area (Å²) in [7, 11) is 1.77. The lowest BCUT2D eigenvalue weighted by atomic mass is 9.84. The van der Waals surface area contributed by atoms with Crippen LogP contribution >= 0.6 is 0 Å². The molecule has 0 heterocycles.